The maximum absolute atomic E-state index is 11.7. The van der Waals surface area contributed by atoms with Crippen molar-refractivity contribution < 1.29 is 9.53 Å². The van der Waals surface area contributed by atoms with Crippen LogP contribution in [-0.4, -0.2) is 61.6 Å². The number of nitriles is 1. The van der Waals surface area contributed by atoms with Gasteiger partial charge in [-0.15, -0.1) is 0 Å². The zero-order valence-corrected chi connectivity index (χ0v) is 9.43. The van der Waals surface area contributed by atoms with Gasteiger partial charge in [0.05, 0.1) is 18.7 Å². The molecule has 0 bridgehead atoms. The number of hydrogen-bond donors (Lipinski definition) is 0. The van der Waals surface area contributed by atoms with E-state index in [0.717, 1.165) is 0 Å². The number of ether oxygens (including phenoxy) is 1. The minimum Gasteiger partial charge on any atom is -0.361 e. The molecule has 1 fully saturated rings. The number of nitrogens with zero attached hydrogens (tertiary/aromatic N) is 3. The lowest BCUT2D eigenvalue weighted by Crippen LogP contribution is -2.51. The normalized spacial score (nSPS) is 24.3. The molecule has 0 aromatic heterocycles. The summed E-state index contributed by atoms with van der Waals surface area (Å²) in [6.45, 7) is 3.60. The monoisotopic (exact) mass is 211 g/mol. The highest BCUT2D eigenvalue weighted by Gasteiger charge is 2.28. The first-order valence-electron chi connectivity index (χ1n) is 5.02. The van der Waals surface area contributed by atoms with E-state index in [9.17, 15) is 4.79 Å². The predicted octanol–water partition coefficient (Wildman–Crippen LogP) is -0.313. The van der Waals surface area contributed by atoms with E-state index < -0.39 is 6.10 Å². The average Bonchev–Trinajstić information content (AvgIpc) is 2.27. The number of carbonyl (C=O) groups is 1. The fraction of sp³-hybridized carbons (Fsp3) is 0.800. The molecule has 5 heteroatoms. The molecule has 0 spiro atoms. The Hall–Kier alpha value is -1.12. The van der Waals surface area contributed by atoms with Crippen LogP contribution in [0, 0.1) is 11.3 Å². The van der Waals surface area contributed by atoms with Crippen LogP contribution in [0.1, 0.15) is 6.92 Å². The average molecular weight is 211 g/mol. The van der Waals surface area contributed by atoms with Crippen molar-refractivity contribution in [1.29, 1.82) is 5.26 Å². The smallest absolute Gasteiger partial charge is 0.239 e. The Morgan fingerprint density at radius 3 is 2.87 bits per heavy atom. The van der Waals surface area contributed by atoms with Crippen LogP contribution in [0.5, 0.6) is 0 Å². The Labute approximate surface area is 90.2 Å². The van der Waals surface area contributed by atoms with Crippen molar-refractivity contribution in [2.75, 3.05) is 33.8 Å². The molecular weight excluding hydrogens is 194 g/mol. The van der Waals surface area contributed by atoms with Gasteiger partial charge in [-0.25, -0.2) is 0 Å². The highest BCUT2D eigenvalue weighted by atomic mass is 16.5. The van der Waals surface area contributed by atoms with Gasteiger partial charge >= 0.3 is 0 Å². The van der Waals surface area contributed by atoms with Gasteiger partial charge in [-0.05, 0) is 6.92 Å². The van der Waals surface area contributed by atoms with Gasteiger partial charge in [0.25, 0.3) is 0 Å². The van der Waals surface area contributed by atoms with Crippen molar-refractivity contribution in [2.24, 2.45) is 0 Å². The molecule has 2 unspecified atom stereocenters. The molecule has 15 heavy (non-hydrogen) atoms. The molecule has 0 aliphatic carbocycles. The molecule has 5 nitrogen and oxygen atoms in total. The molecule has 0 N–H and O–H groups in total. The lowest BCUT2D eigenvalue weighted by Gasteiger charge is -2.34. The van der Waals surface area contributed by atoms with Crippen molar-refractivity contribution >= 4 is 5.91 Å². The highest BCUT2D eigenvalue weighted by molar-refractivity contribution is 5.80. The number of morpholine rings is 1. The quantitative estimate of drug-likeness (QED) is 0.628. The van der Waals surface area contributed by atoms with Gasteiger partial charge in [-0.1, -0.05) is 0 Å². The van der Waals surface area contributed by atoms with Crippen molar-refractivity contribution in [2.45, 2.75) is 19.1 Å². The van der Waals surface area contributed by atoms with Gasteiger partial charge in [-0.3, -0.25) is 9.69 Å². The molecule has 0 radical (unpaired) electrons. The van der Waals surface area contributed by atoms with Crippen LogP contribution >= 0.6 is 0 Å². The second kappa shape index (κ2) is 5.10. The number of amides is 1. The van der Waals surface area contributed by atoms with Crippen LogP contribution in [0.4, 0.5) is 0 Å². The standard InChI is InChI=1S/C10H17N3O2/c1-8(10(14)12(2)3)13-4-5-15-9(6-11)7-13/h8-9H,4-5,7H2,1-3H3. The first kappa shape index (κ1) is 12.0. The van der Waals surface area contributed by atoms with Crippen molar-refractivity contribution in [3.05, 3.63) is 0 Å². The van der Waals surface area contributed by atoms with Crippen LogP contribution in [0.2, 0.25) is 0 Å². The van der Waals surface area contributed by atoms with Gasteiger partial charge in [0.15, 0.2) is 6.10 Å². The number of rotatable bonds is 2. The Morgan fingerprint density at radius 2 is 2.33 bits per heavy atom. The van der Waals surface area contributed by atoms with Crippen LogP contribution < -0.4 is 0 Å². The fourth-order valence-corrected chi connectivity index (χ4v) is 1.63. The molecule has 1 aliphatic rings. The van der Waals surface area contributed by atoms with Crippen LogP contribution in [0.15, 0.2) is 0 Å². The SMILES string of the molecule is CC(C(=O)N(C)C)N1CCOC(C#N)C1. The molecule has 1 rings (SSSR count). The zero-order valence-electron chi connectivity index (χ0n) is 9.43. The third-order valence-electron chi connectivity index (χ3n) is 2.59. The third kappa shape index (κ3) is 2.91. The van der Waals surface area contributed by atoms with E-state index in [1.807, 2.05) is 11.8 Å². The van der Waals surface area contributed by atoms with Gasteiger partial charge < -0.3 is 9.64 Å². The Balaban J connectivity index is 2.56. The Morgan fingerprint density at radius 1 is 1.67 bits per heavy atom. The maximum atomic E-state index is 11.7. The van der Waals surface area contributed by atoms with E-state index in [-0.39, 0.29) is 11.9 Å². The summed E-state index contributed by atoms with van der Waals surface area (Å²) in [5.74, 6) is 0.0635. The van der Waals surface area contributed by atoms with Crippen molar-refractivity contribution in [3.8, 4) is 6.07 Å². The highest BCUT2D eigenvalue weighted by Crippen LogP contribution is 2.09. The summed E-state index contributed by atoms with van der Waals surface area (Å²) in [6, 6.07) is 1.89. The van der Waals surface area contributed by atoms with E-state index in [4.69, 9.17) is 10.00 Å². The first-order chi connectivity index (χ1) is 7.06. The van der Waals surface area contributed by atoms with E-state index in [1.165, 1.54) is 0 Å². The van der Waals surface area contributed by atoms with Crippen LogP contribution in [-0.2, 0) is 9.53 Å². The third-order valence-corrected chi connectivity index (χ3v) is 2.59. The van der Waals surface area contributed by atoms with Crippen LogP contribution in [0.3, 0.4) is 0 Å². The fourth-order valence-electron chi connectivity index (χ4n) is 1.63. The topological polar surface area (TPSA) is 56.6 Å². The summed E-state index contributed by atoms with van der Waals surface area (Å²) in [7, 11) is 3.47. The number of hydrogen-bond acceptors (Lipinski definition) is 4. The van der Waals surface area contributed by atoms with Gasteiger partial charge in [0, 0.05) is 27.2 Å². The molecule has 1 saturated heterocycles. The van der Waals surface area contributed by atoms with E-state index in [1.54, 1.807) is 19.0 Å². The molecule has 0 aromatic carbocycles. The predicted molar refractivity (Wildman–Crippen MR) is 55.1 cm³/mol. The molecule has 1 aliphatic heterocycles. The summed E-state index contributed by atoms with van der Waals surface area (Å²) in [6.07, 6.45) is -0.406. The maximum Gasteiger partial charge on any atom is 0.239 e. The molecule has 0 aromatic rings. The second-order valence-electron chi connectivity index (χ2n) is 3.89. The van der Waals surface area contributed by atoms with Gasteiger partial charge in [-0.2, -0.15) is 5.26 Å². The molecule has 2 atom stereocenters. The van der Waals surface area contributed by atoms with E-state index >= 15 is 0 Å². The Bertz CT molecular complexity index is 272. The lowest BCUT2D eigenvalue weighted by atomic mass is 10.2. The summed E-state index contributed by atoms with van der Waals surface area (Å²) < 4.78 is 5.22. The molecule has 1 heterocycles. The summed E-state index contributed by atoms with van der Waals surface area (Å²) >= 11 is 0. The second-order valence-corrected chi connectivity index (χ2v) is 3.89. The first-order valence-corrected chi connectivity index (χ1v) is 5.02. The summed E-state index contributed by atoms with van der Waals surface area (Å²) in [5.41, 5.74) is 0. The molecular formula is C10H17N3O2. The van der Waals surface area contributed by atoms with Crippen molar-refractivity contribution in [3.63, 3.8) is 0 Å². The summed E-state index contributed by atoms with van der Waals surface area (Å²) in [5, 5.41) is 8.74. The minimum absolute atomic E-state index is 0.0635. The van der Waals surface area contributed by atoms with Gasteiger partial charge in [0.1, 0.15) is 0 Å². The largest absolute Gasteiger partial charge is 0.361 e. The summed E-state index contributed by atoms with van der Waals surface area (Å²) in [4.78, 5) is 15.3. The van der Waals surface area contributed by atoms with Crippen molar-refractivity contribution in [1.82, 2.24) is 9.80 Å². The molecule has 1 amide bonds. The van der Waals surface area contributed by atoms with E-state index in [2.05, 4.69) is 6.07 Å². The number of carbonyl (C=O) groups excluding carboxylic acids is 1. The van der Waals surface area contributed by atoms with E-state index in [0.29, 0.717) is 19.7 Å². The van der Waals surface area contributed by atoms with Crippen LogP contribution in [0.25, 0.3) is 0 Å². The minimum atomic E-state index is -0.406. The lowest BCUT2D eigenvalue weighted by molar-refractivity contribution is -0.136. The Kier molecular flexibility index (Phi) is 4.06. The molecule has 84 valence electrons. The van der Waals surface area contributed by atoms with Gasteiger partial charge in [0.2, 0.25) is 5.91 Å². The number of likely N-dealkylation sites (N-methyl/N-ethyl adjacent to an activating group) is 1. The molecule has 0 saturated carbocycles. The zero-order chi connectivity index (χ0) is 11.4.